The Balaban J connectivity index is 1.22. The van der Waals surface area contributed by atoms with Crippen LogP contribution in [0.4, 0.5) is 0 Å². The minimum Gasteiger partial charge on any atom is -0.462 e. The Hall–Kier alpha value is -1.31. The van der Waals surface area contributed by atoms with Gasteiger partial charge < -0.3 is 4.74 Å². The molecule has 0 aromatic carbocycles. The van der Waals surface area contributed by atoms with Crippen LogP contribution in [0.5, 0.6) is 0 Å². The lowest BCUT2D eigenvalue weighted by Gasteiger charge is -2.62. The lowest BCUT2D eigenvalue weighted by Crippen LogP contribution is -2.55. The molecule has 0 aromatic rings. The Bertz CT molecular complexity index is 1170. The third kappa shape index (κ3) is 9.43. The van der Waals surface area contributed by atoms with Gasteiger partial charge >= 0.3 is 5.97 Å². The molecule has 2 unspecified atom stereocenters. The minimum absolute atomic E-state index is 0.0169. The molecule has 2 fully saturated rings. The van der Waals surface area contributed by atoms with Gasteiger partial charge in [-0.2, -0.15) is 0 Å². The summed E-state index contributed by atoms with van der Waals surface area (Å²) in [6.45, 7) is 22.2. The molecule has 4 aliphatic rings. The van der Waals surface area contributed by atoms with Crippen molar-refractivity contribution in [2.24, 2.45) is 39.4 Å². The number of esters is 1. The summed E-state index contributed by atoms with van der Waals surface area (Å²) in [5.74, 6) is 2.28. The van der Waals surface area contributed by atoms with Gasteiger partial charge in [0.25, 0.3) is 0 Å². The molecule has 0 saturated heterocycles. The molecule has 0 heterocycles. The van der Waals surface area contributed by atoms with Crippen LogP contribution in [0.3, 0.4) is 0 Å². The van der Waals surface area contributed by atoms with Crippen molar-refractivity contribution in [1.29, 1.82) is 0 Å². The molecule has 0 spiro atoms. The number of ether oxygens (including phenoxy) is 1. The van der Waals surface area contributed by atoms with Crippen molar-refractivity contribution in [2.45, 2.75) is 223 Å². The molecule has 0 N–H and O–H groups in total. The summed E-state index contributed by atoms with van der Waals surface area (Å²) in [7, 11) is 0. The summed E-state index contributed by atoms with van der Waals surface area (Å²) in [6, 6.07) is 0. The van der Waals surface area contributed by atoms with Crippen LogP contribution in [0.25, 0.3) is 0 Å². The second kappa shape index (κ2) is 18.6. The average molecular weight is 691 g/mol. The molecule has 2 nitrogen and oxygen atoms in total. The lowest BCUT2D eigenvalue weighted by atomic mass is 9.43. The summed E-state index contributed by atoms with van der Waals surface area (Å²) in [6.07, 6.45) is 37.3. The highest BCUT2D eigenvalue weighted by molar-refractivity contribution is 5.69. The van der Waals surface area contributed by atoms with Crippen LogP contribution in [-0.4, -0.2) is 12.1 Å². The highest BCUT2D eigenvalue weighted by Crippen LogP contribution is 2.72. The number of rotatable bonds is 20. The van der Waals surface area contributed by atoms with E-state index in [0.717, 1.165) is 31.1 Å². The Kier molecular flexibility index (Phi) is 15.4. The van der Waals surface area contributed by atoms with E-state index in [2.05, 4.69) is 80.5 Å². The zero-order valence-electron chi connectivity index (χ0n) is 34.8. The molecule has 286 valence electrons. The van der Waals surface area contributed by atoms with Gasteiger partial charge in [-0.05, 0) is 144 Å². The number of hydrogen-bond donors (Lipinski definition) is 0. The van der Waals surface area contributed by atoms with Crippen molar-refractivity contribution in [3.05, 3.63) is 34.9 Å². The van der Waals surface area contributed by atoms with Crippen molar-refractivity contribution in [2.75, 3.05) is 0 Å². The maximum atomic E-state index is 13.1. The molecule has 0 aliphatic heterocycles. The molecule has 2 heteroatoms. The molecule has 2 saturated carbocycles. The fourth-order valence-corrected chi connectivity index (χ4v) is 12.2. The first-order chi connectivity index (χ1) is 23.8. The van der Waals surface area contributed by atoms with Crippen LogP contribution >= 0.6 is 0 Å². The monoisotopic (exact) mass is 691 g/mol. The van der Waals surface area contributed by atoms with Crippen molar-refractivity contribution < 1.29 is 9.53 Å². The molecule has 50 heavy (non-hydrogen) atoms. The SMILES string of the molecule is CCCCCCCCC=CCCCCCCCC(=O)OC1CC[C@]2(C)C3=C(CCC2C1(C)C)[C@]1(C)CC[C@H]([C@H](C)CCC=C(C)C)[C@]1(C)CC3. The van der Waals surface area contributed by atoms with Crippen LogP contribution in [0.15, 0.2) is 34.9 Å². The van der Waals surface area contributed by atoms with Gasteiger partial charge in [0.05, 0.1) is 0 Å². The summed E-state index contributed by atoms with van der Waals surface area (Å²) in [4.78, 5) is 13.1. The Morgan fingerprint density at radius 1 is 0.760 bits per heavy atom. The van der Waals surface area contributed by atoms with Gasteiger partial charge in [-0.25, -0.2) is 0 Å². The largest absolute Gasteiger partial charge is 0.462 e. The highest BCUT2D eigenvalue weighted by Gasteiger charge is 2.63. The first-order valence-electron chi connectivity index (χ1n) is 22.0. The fourth-order valence-electron chi connectivity index (χ4n) is 12.2. The Morgan fingerprint density at radius 2 is 1.40 bits per heavy atom. The lowest BCUT2D eigenvalue weighted by molar-refractivity contribution is -0.170. The van der Waals surface area contributed by atoms with E-state index < -0.39 is 0 Å². The summed E-state index contributed by atoms with van der Waals surface area (Å²) >= 11 is 0. The van der Waals surface area contributed by atoms with Gasteiger partial charge in [0.1, 0.15) is 6.10 Å². The number of carbonyl (C=O) groups excluding carboxylic acids is 1. The molecule has 0 radical (unpaired) electrons. The fraction of sp³-hybridized carbons (Fsp3) is 0.854. The molecule has 7 atom stereocenters. The van der Waals surface area contributed by atoms with Crippen LogP contribution in [0.2, 0.25) is 0 Å². The van der Waals surface area contributed by atoms with Gasteiger partial charge in [0.15, 0.2) is 0 Å². The number of unbranched alkanes of at least 4 members (excludes halogenated alkanes) is 11. The second-order valence-electron chi connectivity index (χ2n) is 19.4. The molecule has 0 bridgehead atoms. The third-order valence-corrected chi connectivity index (χ3v) is 15.5. The van der Waals surface area contributed by atoms with Crippen molar-refractivity contribution in [3.8, 4) is 0 Å². The van der Waals surface area contributed by atoms with Crippen LogP contribution in [-0.2, 0) is 9.53 Å². The Labute approximate surface area is 311 Å². The van der Waals surface area contributed by atoms with Gasteiger partial charge in [-0.3, -0.25) is 4.79 Å². The predicted molar refractivity (Wildman–Crippen MR) is 216 cm³/mol. The maximum Gasteiger partial charge on any atom is 0.306 e. The van der Waals surface area contributed by atoms with E-state index >= 15 is 0 Å². The third-order valence-electron chi connectivity index (χ3n) is 15.5. The quantitative estimate of drug-likeness (QED) is 0.0722. The van der Waals surface area contributed by atoms with Crippen molar-refractivity contribution in [3.63, 3.8) is 0 Å². The molecule has 4 aliphatic carbocycles. The zero-order chi connectivity index (χ0) is 36.4. The first kappa shape index (κ1) is 41.4. The van der Waals surface area contributed by atoms with Crippen LogP contribution in [0, 0.1) is 39.4 Å². The van der Waals surface area contributed by atoms with Crippen molar-refractivity contribution >= 4 is 5.97 Å². The summed E-state index contributed by atoms with van der Waals surface area (Å²) < 4.78 is 6.38. The number of carbonyl (C=O) groups is 1. The van der Waals surface area contributed by atoms with Crippen LogP contribution < -0.4 is 0 Å². The van der Waals surface area contributed by atoms with E-state index in [9.17, 15) is 4.79 Å². The minimum atomic E-state index is 0.0169. The number of fused-ring (bicyclic) bond motifs is 4. The predicted octanol–water partition coefficient (Wildman–Crippen LogP) is 15.1. The zero-order valence-corrected chi connectivity index (χ0v) is 34.8. The summed E-state index contributed by atoms with van der Waals surface area (Å²) in [5.41, 5.74) is 6.22. The highest BCUT2D eigenvalue weighted by atomic mass is 16.5. The van der Waals surface area contributed by atoms with Crippen LogP contribution in [0.1, 0.15) is 216 Å². The van der Waals surface area contributed by atoms with E-state index in [1.165, 1.54) is 134 Å². The number of hydrogen-bond acceptors (Lipinski definition) is 2. The molecular formula is C48H82O2. The summed E-state index contributed by atoms with van der Waals surface area (Å²) in [5, 5.41) is 0. The molecule has 4 rings (SSSR count). The standard InChI is InChI=1S/C48H82O2/c1-10-11-12-13-14-15-16-17-18-19-20-21-22-23-24-28-44(49)50-43-33-34-46(7)40-32-36-47(8)39(38(4)27-25-26-37(2)3)31-35-48(47,9)41(40)29-30-42(46)45(43,5)6/h17-18,26,38-39,42-43H,10-16,19-25,27-36H2,1-9H3/t38-,39-,42?,43?,46-,47+,48+/m1/s1. The topological polar surface area (TPSA) is 26.3 Å². The van der Waals surface area contributed by atoms with E-state index in [4.69, 9.17) is 4.74 Å². The van der Waals surface area contributed by atoms with Gasteiger partial charge in [0.2, 0.25) is 0 Å². The van der Waals surface area contributed by atoms with E-state index in [1.807, 2.05) is 11.1 Å². The average Bonchev–Trinajstić information content (AvgIpc) is 3.35. The van der Waals surface area contributed by atoms with Gasteiger partial charge in [0, 0.05) is 11.8 Å². The molecular weight excluding hydrogens is 609 g/mol. The van der Waals surface area contributed by atoms with Crippen molar-refractivity contribution in [1.82, 2.24) is 0 Å². The normalized spacial score (nSPS) is 32.4. The first-order valence-corrected chi connectivity index (χ1v) is 22.0. The number of allylic oxidation sites excluding steroid dienone is 6. The molecule has 0 aromatic heterocycles. The van der Waals surface area contributed by atoms with Gasteiger partial charge in [-0.15, -0.1) is 0 Å². The maximum absolute atomic E-state index is 13.1. The molecule has 0 amide bonds. The van der Waals surface area contributed by atoms with Gasteiger partial charge in [-0.1, -0.05) is 135 Å². The smallest absolute Gasteiger partial charge is 0.306 e. The van der Waals surface area contributed by atoms with E-state index in [-0.39, 0.29) is 22.9 Å². The van der Waals surface area contributed by atoms with E-state index in [0.29, 0.717) is 23.2 Å². The van der Waals surface area contributed by atoms with E-state index in [1.54, 1.807) is 0 Å². The Morgan fingerprint density at radius 3 is 2.06 bits per heavy atom. The second-order valence-corrected chi connectivity index (χ2v) is 19.4.